The Morgan fingerprint density at radius 3 is 2.39 bits per heavy atom. The van der Waals surface area contributed by atoms with E-state index in [9.17, 15) is 0 Å². The minimum atomic E-state index is 0.706. The SMILES string of the molecule is CCCN(CCC12CC3CC(CC(C3)C1)C2)[C@@H]1CCc2cccc(OC)c2C1. The van der Waals surface area contributed by atoms with E-state index in [1.165, 1.54) is 56.3 Å². The van der Waals surface area contributed by atoms with Crippen LogP contribution in [0, 0.1) is 23.2 Å². The molecule has 1 aromatic rings. The van der Waals surface area contributed by atoms with Gasteiger partial charge in [-0.1, -0.05) is 19.1 Å². The van der Waals surface area contributed by atoms with Crippen molar-refractivity contribution in [2.24, 2.45) is 23.2 Å². The summed E-state index contributed by atoms with van der Waals surface area (Å²) in [5.74, 6) is 4.35. The Morgan fingerprint density at radius 2 is 1.75 bits per heavy atom. The van der Waals surface area contributed by atoms with Gasteiger partial charge in [-0.15, -0.1) is 0 Å². The maximum absolute atomic E-state index is 5.71. The number of fused-ring (bicyclic) bond motifs is 1. The van der Waals surface area contributed by atoms with Crippen LogP contribution < -0.4 is 4.74 Å². The Bertz CT molecular complexity index is 646. The standard InChI is InChI=1S/C26H39NO/c1-3-10-27(23-8-7-22-5-4-6-25(28-2)24(22)15-23)11-9-26-16-19-12-20(17-26)14-21(13-19)18-26/h4-6,19-21,23H,3,7-18H2,1-2H3/t19?,20?,21?,23-,26?/m1/s1. The first-order valence-corrected chi connectivity index (χ1v) is 12.1. The first kappa shape index (κ1) is 19.0. The molecule has 4 bridgehead atoms. The topological polar surface area (TPSA) is 12.5 Å². The fourth-order valence-corrected chi connectivity index (χ4v) is 7.98. The number of ether oxygens (including phenoxy) is 1. The molecule has 0 amide bonds. The van der Waals surface area contributed by atoms with Crippen LogP contribution in [-0.4, -0.2) is 31.1 Å². The average Bonchev–Trinajstić information content (AvgIpc) is 2.69. The van der Waals surface area contributed by atoms with Crippen molar-refractivity contribution < 1.29 is 4.74 Å². The van der Waals surface area contributed by atoms with Crippen LogP contribution in [0.3, 0.4) is 0 Å². The van der Waals surface area contributed by atoms with E-state index in [1.54, 1.807) is 38.5 Å². The summed E-state index contributed by atoms with van der Waals surface area (Å²) in [7, 11) is 1.83. The van der Waals surface area contributed by atoms with Gasteiger partial charge in [0.15, 0.2) is 0 Å². The molecule has 4 saturated carbocycles. The Balaban J connectivity index is 1.28. The van der Waals surface area contributed by atoms with Crippen molar-refractivity contribution >= 4 is 0 Å². The highest BCUT2D eigenvalue weighted by Crippen LogP contribution is 2.61. The van der Waals surface area contributed by atoms with Gasteiger partial charge in [0.25, 0.3) is 0 Å². The van der Waals surface area contributed by atoms with E-state index < -0.39 is 0 Å². The molecule has 0 unspecified atom stereocenters. The molecule has 5 aliphatic carbocycles. The zero-order valence-corrected chi connectivity index (χ0v) is 18.1. The molecule has 6 rings (SSSR count). The number of methoxy groups -OCH3 is 1. The highest BCUT2D eigenvalue weighted by atomic mass is 16.5. The molecule has 2 nitrogen and oxygen atoms in total. The predicted octanol–water partition coefficient (Wildman–Crippen LogP) is 5.87. The first-order valence-electron chi connectivity index (χ1n) is 12.1. The number of aryl methyl sites for hydroxylation is 1. The van der Waals surface area contributed by atoms with Crippen molar-refractivity contribution in [3.63, 3.8) is 0 Å². The van der Waals surface area contributed by atoms with Crippen LogP contribution in [0.15, 0.2) is 18.2 Å². The third kappa shape index (κ3) is 3.51. The van der Waals surface area contributed by atoms with Crippen LogP contribution in [0.4, 0.5) is 0 Å². The molecule has 0 saturated heterocycles. The summed E-state index contributed by atoms with van der Waals surface area (Å²) in [5.41, 5.74) is 3.72. The molecular weight excluding hydrogens is 342 g/mol. The van der Waals surface area contributed by atoms with Gasteiger partial charge >= 0.3 is 0 Å². The van der Waals surface area contributed by atoms with Gasteiger partial charge < -0.3 is 9.64 Å². The molecule has 0 radical (unpaired) electrons. The molecule has 28 heavy (non-hydrogen) atoms. The summed E-state index contributed by atoms with van der Waals surface area (Å²) in [6, 6.07) is 7.33. The van der Waals surface area contributed by atoms with Crippen molar-refractivity contribution in [2.75, 3.05) is 20.2 Å². The van der Waals surface area contributed by atoms with Crippen molar-refractivity contribution in [3.8, 4) is 5.75 Å². The van der Waals surface area contributed by atoms with Gasteiger partial charge in [-0.2, -0.15) is 0 Å². The molecule has 0 aromatic heterocycles. The van der Waals surface area contributed by atoms with Crippen LogP contribution in [0.25, 0.3) is 0 Å². The summed E-state index contributed by atoms with van der Waals surface area (Å²) in [6.45, 7) is 4.95. The van der Waals surface area contributed by atoms with Crippen LogP contribution in [0.2, 0.25) is 0 Å². The molecule has 1 atom stereocenters. The second kappa shape index (κ2) is 7.67. The third-order valence-corrected chi connectivity index (χ3v) is 8.76. The van der Waals surface area contributed by atoms with Gasteiger partial charge in [0.05, 0.1) is 7.11 Å². The maximum atomic E-state index is 5.71. The lowest BCUT2D eigenvalue weighted by atomic mass is 9.49. The van der Waals surface area contributed by atoms with E-state index in [0.717, 1.165) is 23.5 Å². The third-order valence-electron chi connectivity index (χ3n) is 8.76. The zero-order valence-electron chi connectivity index (χ0n) is 18.1. The number of hydrogen-bond acceptors (Lipinski definition) is 2. The Morgan fingerprint density at radius 1 is 1.04 bits per heavy atom. The van der Waals surface area contributed by atoms with Gasteiger partial charge in [0.2, 0.25) is 0 Å². The van der Waals surface area contributed by atoms with Crippen LogP contribution in [0.5, 0.6) is 5.75 Å². The van der Waals surface area contributed by atoms with Crippen molar-refractivity contribution in [3.05, 3.63) is 29.3 Å². The minimum Gasteiger partial charge on any atom is -0.496 e. The van der Waals surface area contributed by atoms with Crippen molar-refractivity contribution in [1.82, 2.24) is 4.90 Å². The molecule has 154 valence electrons. The normalized spacial score (nSPS) is 36.0. The average molecular weight is 382 g/mol. The Hall–Kier alpha value is -1.02. The van der Waals surface area contributed by atoms with Gasteiger partial charge in [-0.05, 0) is 124 Å². The molecule has 0 heterocycles. The number of nitrogens with zero attached hydrogens (tertiary/aromatic N) is 1. The predicted molar refractivity (Wildman–Crippen MR) is 116 cm³/mol. The first-order chi connectivity index (χ1) is 13.7. The number of benzene rings is 1. The van der Waals surface area contributed by atoms with Gasteiger partial charge in [-0.25, -0.2) is 0 Å². The molecule has 0 N–H and O–H groups in total. The summed E-state index contributed by atoms with van der Waals surface area (Å²) in [6.07, 6.45) is 15.8. The molecular formula is C26H39NO. The van der Waals surface area contributed by atoms with E-state index >= 15 is 0 Å². The van der Waals surface area contributed by atoms with E-state index in [2.05, 4.69) is 30.0 Å². The lowest BCUT2D eigenvalue weighted by Crippen LogP contribution is -2.48. The number of hydrogen-bond donors (Lipinski definition) is 0. The van der Waals surface area contributed by atoms with Gasteiger partial charge in [-0.3, -0.25) is 0 Å². The lowest BCUT2D eigenvalue weighted by molar-refractivity contribution is -0.0626. The second-order valence-electron chi connectivity index (χ2n) is 10.7. The van der Waals surface area contributed by atoms with Gasteiger partial charge in [0.1, 0.15) is 5.75 Å². The van der Waals surface area contributed by atoms with Crippen LogP contribution in [-0.2, 0) is 12.8 Å². The summed E-state index contributed by atoms with van der Waals surface area (Å²) in [5, 5.41) is 0. The summed E-state index contributed by atoms with van der Waals surface area (Å²) < 4.78 is 5.71. The van der Waals surface area contributed by atoms with Crippen LogP contribution >= 0.6 is 0 Å². The highest BCUT2D eigenvalue weighted by Gasteiger charge is 2.50. The summed E-state index contributed by atoms with van der Waals surface area (Å²) >= 11 is 0. The molecule has 4 fully saturated rings. The van der Waals surface area contributed by atoms with E-state index in [0.29, 0.717) is 11.5 Å². The fraction of sp³-hybridized carbons (Fsp3) is 0.769. The fourth-order valence-electron chi connectivity index (χ4n) is 7.98. The highest BCUT2D eigenvalue weighted by molar-refractivity contribution is 5.42. The maximum Gasteiger partial charge on any atom is 0.122 e. The second-order valence-corrected chi connectivity index (χ2v) is 10.7. The quantitative estimate of drug-likeness (QED) is 0.585. The smallest absolute Gasteiger partial charge is 0.122 e. The Labute approximate surface area is 172 Å². The van der Waals surface area contributed by atoms with E-state index in [1.807, 2.05) is 7.11 Å². The summed E-state index contributed by atoms with van der Waals surface area (Å²) in [4.78, 5) is 2.87. The Kier molecular flexibility index (Phi) is 5.20. The van der Waals surface area contributed by atoms with Crippen LogP contribution in [0.1, 0.15) is 75.8 Å². The molecule has 1 aromatic carbocycles. The largest absolute Gasteiger partial charge is 0.496 e. The monoisotopic (exact) mass is 381 g/mol. The molecule has 5 aliphatic rings. The lowest BCUT2D eigenvalue weighted by Gasteiger charge is -2.57. The van der Waals surface area contributed by atoms with Crippen molar-refractivity contribution in [2.45, 2.75) is 83.6 Å². The molecule has 2 heteroatoms. The van der Waals surface area contributed by atoms with Crippen molar-refractivity contribution in [1.29, 1.82) is 0 Å². The van der Waals surface area contributed by atoms with Gasteiger partial charge in [0, 0.05) is 6.04 Å². The van der Waals surface area contributed by atoms with E-state index in [-0.39, 0.29) is 0 Å². The minimum absolute atomic E-state index is 0.706. The molecule has 0 aliphatic heterocycles. The molecule has 0 spiro atoms. The zero-order chi connectivity index (χ0) is 19.1. The number of rotatable bonds is 7. The van der Waals surface area contributed by atoms with E-state index in [4.69, 9.17) is 4.74 Å².